The van der Waals surface area contributed by atoms with Gasteiger partial charge in [0, 0.05) is 0 Å². The van der Waals surface area contributed by atoms with Crippen molar-refractivity contribution in [3.8, 4) is 0 Å². The molecule has 0 rings (SSSR count). The Hall–Kier alpha value is 1.33. The quantitative estimate of drug-likeness (QED) is 0.191. The van der Waals surface area contributed by atoms with Gasteiger partial charge in [-0.3, -0.25) is 0 Å². The fraction of sp³-hybridized carbons (Fsp3) is 1.00. The number of halogens is 1. The Morgan fingerprint density at radius 3 is 1.15 bits per heavy atom. The van der Waals surface area contributed by atoms with Crippen LogP contribution in [0.5, 0.6) is 0 Å². The van der Waals surface area contributed by atoms with E-state index in [4.69, 9.17) is 33.0 Å². The normalized spacial score (nSPS) is 15.4. The standard InChI is InChI=1S/2C7H16O4P.ClH.Sb/c2*1-4-7(8)12(9,10-5-2)11-6-3;;/h2*7H,4-6H2,1-3H3;1H;/q2*-1;;+3/p-1. The molecule has 0 aliphatic heterocycles. The summed E-state index contributed by atoms with van der Waals surface area (Å²) in [5.41, 5.74) is 0. The Balaban J connectivity index is 5.17. The van der Waals surface area contributed by atoms with Crippen LogP contribution in [-0.4, -0.2) is 58.0 Å². The zero-order valence-corrected chi connectivity index (χ0v) is 21.5. The summed E-state index contributed by atoms with van der Waals surface area (Å²) in [6.07, 6.45) is 0.749. The van der Waals surface area contributed by atoms with E-state index in [0.29, 0.717) is 12.8 Å². The van der Waals surface area contributed by atoms with Crippen LogP contribution in [0.15, 0.2) is 0 Å². The summed E-state index contributed by atoms with van der Waals surface area (Å²) in [5, 5.41) is 0. The van der Waals surface area contributed by atoms with Crippen molar-refractivity contribution in [3.63, 3.8) is 0 Å². The summed E-state index contributed by atoms with van der Waals surface area (Å²) in [6.45, 7) is 11.4. The maximum atomic E-state index is 12.9. The van der Waals surface area contributed by atoms with E-state index < -0.39 is 46.8 Å². The minimum atomic E-state index is -3.47. The Morgan fingerprint density at radius 2 is 0.962 bits per heavy atom. The van der Waals surface area contributed by atoms with Crippen LogP contribution < -0.4 is 0 Å². The van der Waals surface area contributed by atoms with Gasteiger partial charge < -0.3 is 0 Å². The summed E-state index contributed by atoms with van der Waals surface area (Å²) < 4.78 is 58.5. The third-order valence-corrected chi connectivity index (χ3v) is 12.3. The van der Waals surface area contributed by atoms with E-state index in [1.54, 1.807) is 41.5 Å². The molecule has 0 aromatic carbocycles. The first-order chi connectivity index (χ1) is 12.3. The third-order valence-electron chi connectivity index (χ3n) is 3.05. The van der Waals surface area contributed by atoms with Gasteiger partial charge in [0.15, 0.2) is 0 Å². The number of hydrogen-bond acceptors (Lipinski definition) is 8. The SMILES string of the molecule is CCOP(=O)(OCC)C(CC)[O][Sb]([Cl])[O]C(CC)P(=O)(OCC)OCC. The van der Waals surface area contributed by atoms with Crippen LogP contribution in [0.4, 0.5) is 0 Å². The van der Waals surface area contributed by atoms with E-state index in [-0.39, 0.29) is 26.4 Å². The van der Waals surface area contributed by atoms with Gasteiger partial charge in [0.2, 0.25) is 0 Å². The minimum absolute atomic E-state index is 0.221. The molecule has 8 nitrogen and oxygen atoms in total. The van der Waals surface area contributed by atoms with Gasteiger partial charge in [0.1, 0.15) is 0 Å². The van der Waals surface area contributed by atoms with Gasteiger partial charge in [-0.2, -0.15) is 0 Å². The summed E-state index contributed by atoms with van der Waals surface area (Å²) in [5.74, 6) is -1.67. The molecule has 0 heterocycles. The molecule has 0 radical (unpaired) electrons. The molecule has 0 fully saturated rings. The Morgan fingerprint density at radius 1 is 0.692 bits per heavy atom. The molecule has 158 valence electrons. The average Bonchev–Trinajstić information content (AvgIpc) is 2.58. The van der Waals surface area contributed by atoms with Crippen molar-refractivity contribution in [2.24, 2.45) is 0 Å². The molecule has 0 N–H and O–H groups in total. The van der Waals surface area contributed by atoms with Gasteiger partial charge in [-0.1, -0.05) is 0 Å². The van der Waals surface area contributed by atoms with Crippen LogP contribution in [0, 0.1) is 0 Å². The van der Waals surface area contributed by atoms with Crippen LogP contribution >= 0.6 is 24.0 Å². The van der Waals surface area contributed by atoms with Crippen LogP contribution in [0.2, 0.25) is 0 Å². The fourth-order valence-electron chi connectivity index (χ4n) is 2.05. The molecule has 0 saturated heterocycles. The van der Waals surface area contributed by atoms with Gasteiger partial charge >= 0.3 is 170 Å². The van der Waals surface area contributed by atoms with Crippen molar-refractivity contribution in [1.29, 1.82) is 0 Å². The molecular weight excluding hydrogens is 515 g/mol. The molecule has 2 unspecified atom stereocenters. The Bertz CT molecular complexity index is 410. The first-order valence-corrected chi connectivity index (χ1v) is 17.4. The molecular formula is C14H32ClO8P2Sb. The second-order valence-corrected chi connectivity index (χ2v) is 13.5. The Labute approximate surface area is 169 Å². The number of rotatable bonds is 16. The van der Waals surface area contributed by atoms with Crippen LogP contribution in [0.1, 0.15) is 54.4 Å². The second kappa shape index (κ2) is 14.3. The van der Waals surface area contributed by atoms with Gasteiger partial charge in [0.05, 0.1) is 0 Å². The second-order valence-electron chi connectivity index (χ2n) is 4.90. The average molecular weight is 548 g/mol. The van der Waals surface area contributed by atoms with E-state index in [1.807, 2.05) is 0 Å². The first-order valence-electron chi connectivity index (χ1n) is 8.83. The summed E-state index contributed by atoms with van der Waals surface area (Å²) in [6, 6.07) is 0. The third kappa shape index (κ3) is 8.78. The molecule has 0 aromatic heterocycles. The summed E-state index contributed by atoms with van der Waals surface area (Å²) >= 11 is -3.33. The van der Waals surface area contributed by atoms with E-state index in [1.165, 1.54) is 0 Å². The van der Waals surface area contributed by atoms with Crippen molar-refractivity contribution < 1.29 is 33.3 Å². The van der Waals surface area contributed by atoms with Crippen LogP contribution in [0.25, 0.3) is 0 Å². The van der Waals surface area contributed by atoms with Gasteiger partial charge in [-0.15, -0.1) is 0 Å². The molecule has 0 saturated carbocycles. The van der Waals surface area contributed by atoms with E-state index in [0.717, 1.165) is 0 Å². The molecule has 0 aliphatic rings. The molecule has 26 heavy (non-hydrogen) atoms. The molecule has 0 spiro atoms. The van der Waals surface area contributed by atoms with Crippen molar-refractivity contribution >= 4 is 43.9 Å². The molecule has 0 aromatic rings. The first kappa shape index (κ1) is 27.3. The zero-order valence-electron chi connectivity index (χ0n) is 16.4. The predicted octanol–water partition coefficient (Wildman–Crippen LogP) is 5.25. The van der Waals surface area contributed by atoms with Gasteiger partial charge in [-0.25, -0.2) is 0 Å². The van der Waals surface area contributed by atoms with Crippen LogP contribution in [-0.2, 0) is 33.3 Å². The topological polar surface area (TPSA) is 89.5 Å². The van der Waals surface area contributed by atoms with Crippen molar-refractivity contribution in [2.45, 2.75) is 66.1 Å². The van der Waals surface area contributed by atoms with Gasteiger partial charge in [0.25, 0.3) is 0 Å². The predicted molar refractivity (Wildman–Crippen MR) is 104 cm³/mol. The molecule has 2 atom stereocenters. The van der Waals surface area contributed by atoms with Crippen molar-refractivity contribution in [2.75, 3.05) is 26.4 Å². The molecule has 0 bridgehead atoms. The molecule has 0 amide bonds. The van der Waals surface area contributed by atoms with Gasteiger partial charge in [-0.05, 0) is 0 Å². The monoisotopic (exact) mass is 546 g/mol. The Kier molecular flexibility index (Phi) is 15.1. The zero-order chi connectivity index (χ0) is 20.2. The summed E-state index contributed by atoms with van der Waals surface area (Å²) in [4.78, 5) is 0. The van der Waals surface area contributed by atoms with Crippen molar-refractivity contribution in [1.82, 2.24) is 0 Å². The summed E-state index contributed by atoms with van der Waals surface area (Å²) in [7, 11) is -0.632. The van der Waals surface area contributed by atoms with E-state index >= 15 is 0 Å². The fourth-order valence-corrected chi connectivity index (χ4v) is 12.7. The molecule has 0 aliphatic carbocycles. The number of hydrogen-bond donors (Lipinski definition) is 0. The van der Waals surface area contributed by atoms with E-state index in [2.05, 4.69) is 0 Å². The van der Waals surface area contributed by atoms with Crippen molar-refractivity contribution in [3.05, 3.63) is 0 Å². The molecule has 12 heteroatoms. The van der Waals surface area contributed by atoms with Crippen LogP contribution in [0.3, 0.4) is 0 Å². The van der Waals surface area contributed by atoms with E-state index in [9.17, 15) is 9.13 Å². The maximum absolute atomic E-state index is 12.9.